The van der Waals surface area contributed by atoms with Crippen molar-refractivity contribution in [3.8, 4) is 0 Å². The Morgan fingerprint density at radius 2 is 1.82 bits per heavy atom. The number of nitrogens with one attached hydrogen (secondary N) is 3. The van der Waals surface area contributed by atoms with E-state index in [9.17, 15) is 14.7 Å². The van der Waals surface area contributed by atoms with E-state index in [1.807, 2.05) is 20.8 Å². The molecule has 7 heteroatoms. The molecule has 7 nitrogen and oxygen atoms in total. The molecule has 6 atom stereocenters. The molecule has 2 unspecified atom stereocenters. The van der Waals surface area contributed by atoms with E-state index in [0.29, 0.717) is 37.8 Å². The maximum atomic E-state index is 12.9. The van der Waals surface area contributed by atoms with Crippen molar-refractivity contribution in [1.82, 2.24) is 16.0 Å². The van der Waals surface area contributed by atoms with Gasteiger partial charge in [0, 0.05) is 18.1 Å². The van der Waals surface area contributed by atoms with E-state index < -0.39 is 11.7 Å². The Labute approximate surface area is 167 Å². The van der Waals surface area contributed by atoms with E-state index in [4.69, 9.17) is 4.74 Å². The molecule has 5 aliphatic rings. The topological polar surface area (TPSA) is 99.7 Å². The van der Waals surface area contributed by atoms with E-state index in [-0.39, 0.29) is 28.9 Å². The highest BCUT2D eigenvalue weighted by Gasteiger charge is 2.58. The molecule has 5 rings (SSSR count). The minimum atomic E-state index is -0.582. The van der Waals surface area contributed by atoms with Crippen molar-refractivity contribution < 1.29 is 19.4 Å². The van der Waals surface area contributed by atoms with Crippen LogP contribution in [0, 0.1) is 17.3 Å². The fraction of sp³-hybridized carbons (Fsp3) is 0.905. The van der Waals surface area contributed by atoms with Crippen LogP contribution in [0.5, 0.6) is 0 Å². The first-order valence-corrected chi connectivity index (χ1v) is 10.7. The largest absolute Gasteiger partial charge is 0.449 e. The van der Waals surface area contributed by atoms with Gasteiger partial charge < -0.3 is 25.8 Å². The minimum absolute atomic E-state index is 0.00194. The summed E-state index contributed by atoms with van der Waals surface area (Å²) < 4.78 is 5.26. The number of hydrogen-bond acceptors (Lipinski definition) is 5. The molecule has 1 aliphatic heterocycles. The number of carbonyl (C=O) groups excluding carboxylic acids is 2. The van der Waals surface area contributed by atoms with Crippen LogP contribution in [0.15, 0.2) is 0 Å². The van der Waals surface area contributed by atoms with Crippen molar-refractivity contribution in [3.05, 3.63) is 0 Å². The molecule has 2 amide bonds. The van der Waals surface area contributed by atoms with Gasteiger partial charge in [-0.25, -0.2) is 4.79 Å². The summed E-state index contributed by atoms with van der Waals surface area (Å²) in [5.74, 6) is 1.07. The molecule has 1 saturated heterocycles. The Morgan fingerprint density at radius 3 is 2.43 bits per heavy atom. The fourth-order valence-electron chi connectivity index (χ4n) is 6.24. The molecule has 4 bridgehead atoms. The first-order chi connectivity index (χ1) is 13.0. The van der Waals surface area contributed by atoms with Crippen LogP contribution in [0.3, 0.4) is 0 Å². The van der Waals surface area contributed by atoms with Gasteiger partial charge in [-0.15, -0.1) is 0 Å². The summed E-state index contributed by atoms with van der Waals surface area (Å²) in [5, 5.41) is 20.3. The van der Waals surface area contributed by atoms with Crippen LogP contribution in [-0.2, 0) is 9.53 Å². The lowest BCUT2D eigenvalue weighted by Crippen LogP contribution is -2.66. The van der Waals surface area contributed by atoms with Crippen LogP contribution >= 0.6 is 0 Å². The SMILES string of the molecule is CC(C)(C)COC(=O)N[C@H]1CN[C@H](C(=O)NC23C[C@@H]4C[C@@H](CC(O)(C4)C2)C3)C1. The molecule has 5 fully saturated rings. The normalized spacial score (nSPS) is 41.7. The third kappa shape index (κ3) is 4.30. The van der Waals surface area contributed by atoms with E-state index in [1.165, 1.54) is 6.42 Å². The third-order valence-corrected chi connectivity index (χ3v) is 6.82. The zero-order chi connectivity index (χ0) is 20.2. The second kappa shape index (κ2) is 6.87. The maximum absolute atomic E-state index is 12.9. The van der Waals surface area contributed by atoms with Crippen molar-refractivity contribution in [2.45, 2.75) is 88.9 Å². The van der Waals surface area contributed by atoms with Crippen LogP contribution in [0.4, 0.5) is 4.79 Å². The first kappa shape index (κ1) is 20.0. The number of carbonyl (C=O) groups is 2. The van der Waals surface area contributed by atoms with Crippen LogP contribution in [0.1, 0.15) is 65.7 Å². The minimum Gasteiger partial charge on any atom is -0.449 e. The lowest BCUT2D eigenvalue weighted by atomic mass is 9.51. The van der Waals surface area contributed by atoms with Crippen molar-refractivity contribution in [1.29, 1.82) is 0 Å². The van der Waals surface area contributed by atoms with Gasteiger partial charge in [0.1, 0.15) is 0 Å². The lowest BCUT2D eigenvalue weighted by Gasteiger charge is -2.60. The Kier molecular flexibility index (Phi) is 4.90. The zero-order valence-electron chi connectivity index (χ0n) is 17.3. The molecular weight excluding hydrogens is 358 g/mol. The first-order valence-electron chi connectivity index (χ1n) is 10.7. The summed E-state index contributed by atoms with van der Waals surface area (Å²) in [6.07, 6.45) is 5.79. The zero-order valence-corrected chi connectivity index (χ0v) is 17.3. The van der Waals surface area contributed by atoms with Gasteiger partial charge in [-0.3, -0.25) is 4.79 Å². The average Bonchev–Trinajstić information content (AvgIpc) is 2.98. The second-order valence-electron chi connectivity index (χ2n) is 11.1. The molecule has 0 aromatic heterocycles. The maximum Gasteiger partial charge on any atom is 0.407 e. The van der Waals surface area contributed by atoms with Gasteiger partial charge in [-0.05, 0) is 62.2 Å². The number of rotatable bonds is 4. The molecule has 0 aromatic rings. The van der Waals surface area contributed by atoms with Crippen LogP contribution in [0.2, 0.25) is 0 Å². The van der Waals surface area contributed by atoms with Crippen molar-refractivity contribution >= 4 is 12.0 Å². The predicted molar refractivity (Wildman–Crippen MR) is 105 cm³/mol. The number of ether oxygens (including phenoxy) is 1. The van der Waals surface area contributed by atoms with Crippen molar-refractivity contribution in [3.63, 3.8) is 0 Å². The van der Waals surface area contributed by atoms with Gasteiger partial charge >= 0.3 is 6.09 Å². The molecule has 0 spiro atoms. The summed E-state index contributed by atoms with van der Waals surface area (Å²) in [4.78, 5) is 24.9. The predicted octanol–water partition coefficient (Wildman–Crippen LogP) is 1.69. The van der Waals surface area contributed by atoms with Crippen molar-refractivity contribution in [2.24, 2.45) is 17.3 Å². The van der Waals surface area contributed by atoms with Gasteiger partial charge in [0.15, 0.2) is 0 Å². The van der Waals surface area contributed by atoms with Gasteiger partial charge in [0.05, 0.1) is 18.2 Å². The number of amides is 2. The second-order valence-corrected chi connectivity index (χ2v) is 11.1. The molecule has 4 saturated carbocycles. The molecule has 4 N–H and O–H groups in total. The highest BCUT2D eigenvalue weighted by atomic mass is 16.5. The Morgan fingerprint density at radius 1 is 1.14 bits per heavy atom. The smallest absolute Gasteiger partial charge is 0.407 e. The standard InChI is InChI=1S/C21H35N3O4/c1-19(2,3)12-28-18(26)23-15-5-16(22-10-15)17(25)24-20-6-13-4-14(7-20)9-21(27,8-13)11-20/h13-16,22,27H,4-12H2,1-3H3,(H,23,26)(H,24,25)/t13-,14+,15-,16+,20?,21?/m1/s1. The highest BCUT2D eigenvalue weighted by Crippen LogP contribution is 2.57. The number of alkyl carbamates (subject to hydrolysis) is 1. The van der Waals surface area contributed by atoms with E-state index >= 15 is 0 Å². The van der Waals surface area contributed by atoms with Gasteiger partial charge in [0.2, 0.25) is 5.91 Å². The summed E-state index contributed by atoms with van der Waals surface area (Å²) in [5.41, 5.74) is -0.897. The van der Waals surface area contributed by atoms with E-state index in [1.54, 1.807) is 0 Å². The van der Waals surface area contributed by atoms with E-state index in [0.717, 1.165) is 25.7 Å². The Balaban J connectivity index is 1.28. The van der Waals surface area contributed by atoms with Crippen LogP contribution < -0.4 is 16.0 Å². The molecule has 28 heavy (non-hydrogen) atoms. The number of aliphatic hydroxyl groups is 1. The number of hydrogen-bond donors (Lipinski definition) is 4. The van der Waals surface area contributed by atoms with Gasteiger partial charge in [-0.1, -0.05) is 20.8 Å². The summed E-state index contributed by atoms with van der Waals surface area (Å²) >= 11 is 0. The summed E-state index contributed by atoms with van der Waals surface area (Å²) in [6.45, 7) is 6.96. The Bertz CT molecular complexity index is 630. The van der Waals surface area contributed by atoms with E-state index in [2.05, 4.69) is 16.0 Å². The fourth-order valence-corrected chi connectivity index (χ4v) is 6.24. The lowest BCUT2D eigenvalue weighted by molar-refractivity contribution is -0.151. The molecule has 1 heterocycles. The van der Waals surface area contributed by atoms with Crippen LogP contribution in [0.25, 0.3) is 0 Å². The molecule has 0 radical (unpaired) electrons. The Hall–Kier alpha value is -1.34. The molecule has 4 aliphatic carbocycles. The molecule has 158 valence electrons. The van der Waals surface area contributed by atoms with Gasteiger partial charge in [0.25, 0.3) is 0 Å². The highest BCUT2D eigenvalue weighted by molar-refractivity contribution is 5.83. The monoisotopic (exact) mass is 393 g/mol. The quantitative estimate of drug-likeness (QED) is 0.582. The summed E-state index contributed by atoms with van der Waals surface area (Å²) in [7, 11) is 0. The molecular formula is C21H35N3O4. The van der Waals surface area contributed by atoms with Gasteiger partial charge in [-0.2, -0.15) is 0 Å². The molecule has 0 aromatic carbocycles. The van der Waals surface area contributed by atoms with Crippen LogP contribution in [-0.4, -0.2) is 53.5 Å². The third-order valence-electron chi connectivity index (χ3n) is 6.82. The average molecular weight is 394 g/mol. The van der Waals surface area contributed by atoms with Crippen molar-refractivity contribution in [2.75, 3.05) is 13.2 Å². The summed E-state index contributed by atoms with van der Waals surface area (Å²) in [6, 6.07) is -0.417.